The van der Waals surface area contributed by atoms with Crippen molar-refractivity contribution in [2.75, 3.05) is 19.8 Å². The van der Waals surface area contributed by atoms with E-state index in [1.807, 2.05) is 39.8 Å². The quantitative estimate of drug-likeness (QED) is 0.270. The average molecular weight is 539 g/mol. The minimum atomic E-state index is -2.73. The van der Waals surface area contributed by atoms with E-state index in [2.05, 4.69) is 81.1 Å². The van der Waals surface area contributed by atoms with Crippen molar-refractivity contribution in [3.05, 3.63) is 60.7 Å². The van der Waals surface area contributed by atoms with Gasteiger partial charge in [0.25, 0.3) is 8.32 Å². The normalized spacial score (nSPS) is 24.7. The Morgan fingerprint density at radius 2 is 1.39 bits per heavy atom. The van der Waals surface area contributed by atoms with Crippen molar-refractivity contribution in [2.45, 2.75) is 90.0 Å². The van der Waals surface area contributed by atoms with Crippen LogP contribution in [0.1, 0.15) is 48.5 Å². The smallest absolute Gasteiger partial charge is 0.261 e. The Hall–Kier alpha value is -2.02. The summed E-state index contributed by atoms with van der Waals surface area (Å²) in [5.41, 5.74) is 0. The predicted molar refractivity (Wildman–Crippen MR) is 151 cm³/mol. The standard InChI is InChI=1S/C31H42O6Si/c1-8-32-27(33-9-2)21-20-25-28-29(37-31(6,7)36-28)26(35-25)22-34-38(30(3,4)5,23-16-12-10-13-17-23)24-18-14-11-15-19-24/h10-19,25-29H,8-9,22H2,1-7H3/t25-,26+,28-,29+/m0/s1. The van der Waals surface area contributed by atoms with Crippen molar-refractivity contribution in [1.82, 2.24) is 0 Å². The summed E-state index contributed by atoms with van der Waals surface area (Å²) < 4.78 is 37.4. The Kier molecular flexibility index (Phi) is 9.16. The largest absolute Gasteiger partial charge is 0.405 e. The molecule has 0 aliphatic carbocycles. The van der Waals surface area contributed by atoms with Crippen molar-refractivity contribution < 1.29 is 28.1 Å². The Balaban J connectivity index is 1.65. The van der Waals surface area contributed by atoms with Gasteiger partial charge in [0.05, 0.1) is 6.61 Å². The lowest BCUT2D eigenvalue weighted by atomic mass is 10.1. The third kappa shape index (κ3) is 6.08. The molecule has 38 heavy (non-hydrogen) atoms. The lowest BCUT2D eigenvalue weighted by Crippen LogP contribution is -2.67. The van der Waals surface area contributed by atoms with Gasteiger partial charge in [-0.15, -0.1) is 0 Å². The van der Waals surface area contributed by atoms with Crippen LogP contribution < -0.4 is 10.4 Å². The molecule has 4 atom stereocenters. The van der Waals surface area contributed by atoms with Gasteiger partial charge < -0.3 is 28.1 Å². The number of hydrogen-bond donors (Lipinski definition) is 0. The molecule has 2 aromatic carbocycles. The van der Waals surface area contributed by atoms with E-state index in [9.17, 15) is 0 Å². The Bertz CT molecular complexity index is 1040. The lowest BCUT2D eigenvalue weighted by molar-refractivity contribution is -0.183. The third-order valence-electron chi connectivity index (χ3n) is 7.01. The molecule has 206 valence electrons. The van der Waals surface area contributed by atoms with Gasteiger partial charge in [-0.2, -0.15) is 0 Å². The summed E-state index contributed by atoms with van der Waals surface area (Å²) in [4.78, 5) is 0. The van der Waals surface area contributed by atoms with Crippen molar-refractivity contribution >= 4 is 18.7 Å². The highest BCUT2D eigenvalue weighted by atomic mass is 28.4. The van der Waals surface area contributed by atoms with Crippen LogP contribution in [0.25, 0.3) is 0 Å². The first-order valence-electron chi connectivity index (χ1n) is 13.6. The molecule has 0 aromatic heterocycles. The maximum atomic E-state index is 7.16. The molecule has 2 aliphatic rings. The van der Waals surface area contributed by atoms with E-state index in [0.717, 1.165) is 0 Å². The molecule has 2 saturated heterocycles. The topological polar surface area (TPSA) is 55.4 Å². The van der Waals surface area contributed by atoms with E-state index in [4.69, 9.17) is 28.1 Å². The first-order valence-corrected chi connectivity index (χ1v) is 15.5. The molecule has 0 radical (unpaired) electrons. The molecule has 0 N–H and O–H groups in total. The third-order valence-corrected chi connectivity index (χ3v) is 12.0. The van der Waals surface area contributed by atoms with Crippen LogP contribution in [0, 0.1) is 11.8 Å². The van der Waals surface area contributed by atoms with E-state index in [1.54, 1.807) is 0 Å². The van der Waals surface area contributed by atoms with Crippen molar-refractivity contribution in [1.29, 1.82) is 0 Å². The highest BCUT2D eigenvalue weighted by molar-refractivity contribution is 6.99. The maximum Gasteiger partial charge on any atom is 0.261 e. The SMILES string of the molecule is CCOC(C#C[C@@H]1O[C@H](CO[Si](c2ccccc2)(c2ccccc2)C(C)(C)C)[C@H]2OC(C)(C)O[C@H]21)OCC. The molecule has 0 bridgehead atoms. The van der Waals surface area contributed by atoms with E-state index in [-0.39, 0.29) is 23.4 Å². The first-order chi connectivity index (χ1) is 18.1. The van der Waals surface area contributed by atoms with Crippen LogP contribution in [0.4, 0.5) is 0 Å². The number of fused-ring (bicyclic) bond motifs is 1. The Morgan fingerprint density at radius 1 is 0.868 bits per heavy atom. The summed E-state index contributed by atoms with van der Waals surface area (Å²) in [5.74, 6) is 5.57. The number of hydrogen-bond acceptors (Lipinski definition) is 6. The number of ether oxygens (including phenoxy) is 5. The zero-order valence-corrected chi connectivity index (χ0v) is 24.7. The van der Waals surface area contributed by atoms with Crippen LogP contribution in [0.15, 0.2) is 60.7 Å². The minimum absolute atomic E-state index is 0.137. The van der Waals surface area contributed by atoms with E-state index >= 15 is 0 Å². The Labute approximate surface area is 229 Å². The van der Waals surface area contributed by atoms with Crippen LogP contribution in [0.3, 0.4) is 0 Å². The van der Waals surface area contributed by atoms with Crippen LogP contribution >= 0.6 is 0 Å². The summed E-state index contributed by atoms with van der Waals surface area (Å²) in [6.07, 6.45) is -2.03. The van der Waals surface area contributed by atoms with Gasteiger partial charge >= 0.3 is 0 Å². The van der Waals surface area contributed by atoms with Gasteiger partial charge in [0, 0.05) is 13.2 Å². The zero-order chi connectivity index (χ0) is 27.4. The second kappa shape index (κ2) is 12.0. The fraction of sp³-hybridized carbons (Fsp3) is 0.548. The molecule has 0 spiro atoms. The molecule has 4 rings (SSSR count). The monoisotopic (exact) mass is 538 g/mol. The molecular formula is C31H42O6Si. The van der Waals surface area contributed by atoms with Crippen LogP contribution in [0.2, 0.25) is 5.04 Å². The highest BCUT2D eigenvalue weighted by Gasteiger charge is 2.57. The number of rotatable bonds is 9. The summed E-state index contributed by atoms with van der Waals surface area (Å²) in [6, 6.07) is 21.2. The highest BCUT2D eigenvalue weighted by Crippen LogP contribution is 2.41. The number of benzene rings is 2. The molecular weight excluding hydrogens is 496 g/mol. The van der Waals surface area contributed by atoms with Gasteiger partial charge in [-0.1, -0.05) is 87.4 Å². The molecule has 6 nitrogen and oxygen atoms in total. The van der Waals surface area contributed by atoms with Gasteiger partial charge in [0.2, 0.25) is 6.29 Å². The predicted octanol–water partition coefficient (Wildman–Crippen LogP) is 4.25. The second-order valence-electron chi connectivity index (χ2n) is 11.2. The molecule has 2 fully saturated rings. The summed E-state index contributed by atoms with van der Waals surface area (Å²) in [5, 5.41) is 2.32. The van der Waals surface area contributed by atoms with Gasteiger partial charge in [0.15, 0.2) is 5.79 Å². The molecule has 2 aromatic rings. The second-order valence-corrected chi connectivity index (χ2v) is 15.5. The fourth-order valence-corrected chi connectivity index (χ4v) is 10.1. The van der Waals surface area contributed by atoms with Gasteiger partial charge in [-0.3, -0.25) is 0 Å². The minimum Gasteiger partial charge on any atom is -0.405 e. The fourth-order valence-electron chi connectivity index (χ4n) is 5.49. The van der Waals surface area contributed by atoms with Crippen LogP contribution in [-0.4, -0.2) is 64.6 Å². The van der Waals surface area contributed by atoms with E-state index in [1.165, 1.54) is 10.4 Å². The summed E-state index contributed by atoms with van der Waals surface area (Å²) >= 11 is 0. The van der Waals surface area contributed by atoms with E-state index < -0.39 is 26.5 Å². The van der Waals surface area contributed by atoms with E-state index in [0.29, 0.717) is 19.8 Å². The molecule has 7 heteroatoms. The van der Waals surface area contributed by atoms with Gasteiger partial charge in [-0.05, 0) is 49.0 Å². The van der Waals surface area contributed by atoms with Gasteiger partial charge in [-0.25, -0.2) is 0 Å². The molecule has 0 amide bonds. The summed E-state index contributed by atoms with van der Waals surface area (Å²) in [6.45, 7) is 15.9. The van der Waals surface area contributed by atoms with Gasteiger partial charge in [0.1, 0.15) is 24.4 Å². The molecule has 0 unspecified atom stereocenters. The zero-order valence-electron chi connectivity index (χ0n) is 23.7. The van der Waals surface area contributed by atoms with Crippen molar-refractivity contribution in [3.8, 4) is 11.8 Å². The maximum absolute atomic E-state index is 7.16. The molecule has 0 saturated carbocycles. The van der Waals surface area contributed by atoms with Crippen molar-refractivity contribution in [2.24, 2.45) is 0 Å². The molecule has 2 aliphatic heterocycles. The Morgan fingerprint density at radius 3 is 1.89 bits per heavy atom. The van der Waals surface area contributed by atoms with Crippen molar-refractivity contribution in [3.63, 3.8) is 0 Å². The average Bonchev–Trinajstić information content (AvgIpc) is 3.36. The molecule has 2 heterocycles. The van der Waals surface area contributed by atoms with Crippen LogP contribution in [0.5, 0.6) is 0 Å². The van der Waals surface area contributed by atoms with Crippen LogP contribution in [-0.2, 0) is 28.1 Å². The first kappa shape index (κ1) is 29.0. The summed E-state index contributed by atoms with van der Waals surface area (Å²) in [7, 11) is -2.73. The lowest BCUT2D eigenvalue weighted by Gasteiger charge is -2.43.